The summed E-state index contributed by atoms with van der Waals surface area (Å²) in [7, 11) is 1.11. The number of carboxylic acids is 1. The Morgan fingerprint density at radius 3 is 1.55 bits per heavy atom. The van der Waals surface area contributed by atoms with Crippen molar-refractivity contribution in [2.75, 3.05) is 49.0 Å². The van der Waals surface area contributed by atoms with E-state index in [2.05, 4.69) is 127 Å². The first-order valence-corrected chi connectivity index (χ1v) is 34.9. The van der Waals surface area contributed by atoms with Crippen molar-refractivity contribution in [1.29, 1.82) is 0 Å². The molecule has 2 aromatic rings. The SMILES string of the molecule is COC(=O)C(Cc1ccc(O)cc1)N[C@@H](CS)C(O)C(=O)[C@H](C=S)NC(=O)C(CCC(=O)O)NC(=O)[C@H](Cc1ccc(O)cc1)NC(=O)C(CS)NC(=O)[C@H](CS)NC(=O)C(CC(N)=O)NC(=O)[C@@H]1CCCN1C(=O)C(C)NC(=O)[C@H](CS)NC(=O)[C@@H](NC(=O)CNC(=O)[C@H](CS)NN)[C@@H](C)O. The number of nitrogens with two attached hydrogens (primary N) is 2. The Balaban J connectivity index is 1.77. The molecule has 0 radical (unpaired) electrons. The van der Waals surface area contributed by atoms with Gasteiger partial charge >= 0.3 is 11.9 Å². The number of Topliss-reactive ketones (excluding diaryl/α,β-unsaturated/α-hetero) is 1. The first-order valence-electron chi connectivity index (χ1n) is 31.3. The highest BCUT2D eigenvalue weighted by Gasteiger charge is 2.41. The van der Waals surface area contributed by atoms with E-state index in [0.717, 1.165) is 17.4 Å². The van der Waals surface area contributed by atoms with Gasteiger partial charge < -0.3 is 94.1 Å². The predicted octanol–water partition coefficient (Wildman–Crippen LogP) is -7.60. The number of aromatic hydroxyl groups is 2. The second kappa shape index (κ2) is 44.4. The molecule has 6 unspecified atom stereocenters. The minimum Gasteiger partial charge on any atom is -0.508 e. The lowest BCUT2D eigenvalue weighted by Gasteiger charge is -2.30. The normalized spacial score (nSPS) is 16.7. The number of hydrogen-bond donors (Lipinski definition) is 24. The van der Waals surface area contributed by atoms with Crippen LogP contribution in [0.5, 0.6) is 11.5 Å². The molecule has 36 nitrogen and oxygen atoms in total. The Morgan fingerprint density at radius 2 is 1.08 bits per heavy atom. The van der Waals surface area contributed by atoms with Crippen LogP contribution in [0.3, 0.4) is 0 Å². The van der Waals surface area contributed by atoms with Gasteiger partial charge in [-0.25, -0.2) is 5.43 Å². The fourth-order valence-corrected chi connectivity index (χ4v) is 11.4. The van der Waals surface area contributed by atoms with Crippen LogP contribution in [0.1, 0.15) is 57.1 Å². The highest BCUT2D eigenvalue weighted by molar-refractivity contribution is 7.81. The number of esters is 1. The van der Waals surface area contributed by atoms with Crippen molar-refractivity contribution in [2.24, 2.45) is 11.6 Å². The number of benzene rings is 2. The van der Waals surface area contributed by atoms with Crippen LogP contribution in [0.15, 0.2) is 48.5 Å². The number of rotatable bonds is 44. The number of aliphatic hydroxyl groups excluding tert-OH is 2. The summed E-state index contributed by atoms with van der Waals surface area (Å²) in [5, 5.41) is 78.0. The zero-order valence-corrected chi connectivity index (χ0v) is 60.6. The number of thiol groups is 5. The number of aliphatic hydroxyl groups is 2. The van der Waals surface area contributed by atoms with Gasteiger partial charge in [-0.1, -0.05) is 36.5 Å². The van der Waals surface area contributed by atoms with Gasteiger partial charge in [0.2, 0.25) is 70.9 Å². The van der Waals surface area contributed by atoms with Crippen LogP contribution in [0.25, 0.3) is 0 Å². The number of methoxy groups -OCH3 is 1. The lowest BCUT2D eigenvalue weighted by Crippen LogP contribution is -2.61. The molecule has 0 aromatic heterocycles. The fourth-order valence-electron chi connectivity index (χ4n) is 9.81. The van der Waals surface area contributed by atoms with E-state index in [1.54, 1.807) is 0 Å². The molecule has 3 rings (SSSR count). The number of phenols is 2. The van der Waals surface area contributed by atoms with E-state index in [1.165, 1.54) is 62.4 Å². The second-order valence-electron chi connectivity index (χ2n) is 23.1. The van der Waals surface area contributed by atoms with Crippen LogP contribution in [-0.4, -0.2) is 264 Å². The van der Waals surface area contributed by atoms with Crippen LogP contribution in [-0.2, 0) is 89.5 Å². The van der Waals surface area contributed by atoms with Crippen LogP contribution in [0, 0.1) is 0 Å². The molecule has 0 bridgehead atoms. The van der Waals surface area contributed by atoms with E-state index in [9.17, 15) is 97.5 Å². The van der Waals surface area contributed by atoms with Gasteiger partial charge in [0.05, 0.1) is 26.2 Å². The van der Waals surface area contributed by atoms with Crippen molar-refractivity contribution in [3.63, 3.8) is 0 Å². The first-order chi connectivity index (χ1) is 48.2. The average Bonchev–Trinajstić information content (AvgIpc) is 1.52. The number of phenolic OH excluding ortho intramolecular Hbond substituents is 2. The summed E-state index contributed by atoms with van der Waals surface area (Å²) in [6.07, 6.45) is -6.01. The predicted molar refractivity (Wildman–Crippen MR) is 385 cm³/mol. The number of likely N-dealkylation sites (tertiary alicyclic amines) is 1. The van der Waals surface area contributed by atoms with E-state index in [4.69, 9.17) is 28.5 Å². The highest BCUT2D eigenvalue weighted by Crippen LogP contribution is 2.20. The summed E-state index contributed by atoms with van der Waals surface area (Å²) in [5.41, 5.74) is 8.51. The lowest BCUT2D eigenvalue weighted by molar-refractivity contribution is -0.144. The van der Waals surface area contributed by atoms with Gasteiger partial charge in [-0.15, -0.1) is 0 Å². The van der Waals surface area contributed by atoms with Crippen LogP contribution in [0.4, 0.5) is 0 Å². The number of carbonyl (C=O) groups excluding carboxylic acids is 14. The summed E-state index contributed by atoms with van der Waals surface area (Å²) in [6.45, 7) is 1.75. The summed E-state index contributed by atoms with van der Waals surface area (Å²) >= 11 is 25.8. The van der Waals surface area contributed by atoms with E-state index >= 15 is 0 Å². The van der Waals surface area contributed by atoms with Gasteiger partial charge in [0.1, 0.15) is 90.1 Å². The number of hydrazine groups is 1. The van der Waals surface area contributed by atoms with Gasteiger partial charge in [0.15, 0.2) is 5.78 Å². The molecule has 0 saturated carbocycles. The molecule has 12 amide bonds. The molecule has 1 saturated heterocycles. The van der Waals surface area contributed by atoms with Crippen molar-refractivity contribution in [2.45, 2.75) is 150 Å². The van der Waals surface area contributed by atoms with Gasteiger partial charge in [-0.2, -0.15) is 63.1 Å². The molecular weight excluding hydrogens is 1460 g/mol. The first kappa shape index (κ1) is 88.1. The van der Waals surface area contributed by atoms with Crippen molar-refractivity contribution in [3.8, 4) is 11.5 Å². The van der Waals surface area contributed by atoms with Gasteiger partial charge in [-0.3, -0.25) is 83.1 Å². The van der Waals surface area contributed by atoms with Crippen molar-refractivity contribution in [1.82, 2.24) is 68.8 Å². The second-order valence-corrected chi connectivity index (χ2v) is 25.2. The molecular formula is C60H87N15O21S6. The lowest BCUT2D eigenvalue weighted by atomic mass is 9.99. The smallest absolute Gasteiger partial charge is 0.323 e. The number of carboxylic acid groups (broad SMARTS) is 1. The zero-order chi connectivity index (χ0) is 76.7. The highest BCUT2D eigenvalue weighted by atomic mass is 32.1. The Kier molecular flexibility index (Phi) is 38.4. The number of hydrogen-bond acceptors (Lipinski definition) is 29. The summed E-state index contributed by atoms with van der Waals surface area (Å²) in [5.74, 6) is -12.2. The van der Waals surface area contributed by atoms with E-state index in [0.29, 0.717) is 11.1 Å². The number of nitrogens with one attached hydrogen (secondary N) is 12. The third-order valence-electron chi connectivity index (χ3n) is 15.4. The van der Waals surface area contributed by atoms with Crippen LogP contribution in [0.2, 0.25) is 0 Å². The van der Waals surface area contributed by atoms with E-state index in [1.807, 2.05) is 0 Å². The maximum absolute atomic E-state index is 14.4. The van der Waals surface area contributed by atoms with E-state index in [-0.39, 0.29) is 54.6 Å². The molecule has 0 spiro atoms. The third kappa shape index (κ3) is 28.3. The minimum atomic E-state index is -2.03. The molecule has 2 aromatic carbocycles. The van der Waals surface area contributed by atoms with Crippen molar-refractivity contribution < 1.29 is 102 Å². The Hall–Kier alpha value is -8.07. The number of ether oxygens (including phenoxy) is 1. The minimum absolute atomic E-state index is 0.00903. The average molecular weight is 1550 g/mol. The van der Waals surface area contributed by atoms with Gasteiger partial charge in [0.25, 0.3) is 0 Å². The molecule has 15 atom stereocenters. The number of carbonyl (C=O) groups is 15. The number of ketones is 1. The van der Waals surface area contributed by atoms with Crippen LogP contribution < -0.4 is 75.5 Å². The number of aliphatic carboxylic acids is 1. The maximum Gasteiger partial charge on any atom is 0.323 e. The van der Waals surface area contributed by atoms with Gasteiger partial charge in [-0.05, 0) is 74.9 Å². The molecule has 21 N–H and O–H groups in total. The molecule has 1 heterocycles. The number of amides is 12. The summed E-state index contributed by atoms with van der Waals surface area (Å²) in [4.78, 5) is 202. The summed E-state index contributed by atoms with van der Waals surface area (Å²) < 4.78 is 4.91. The largest absolute Gasteiger partial charge is 0.508 e. The topological polar surface area (TPSA) is 566 Å². The number of primary amides is 1. The van der Waals surface area contributed by atoms with Gasteiger partial charge in [0, 0.05) is 59.6 Å². The molecule has 1 aliphatic heterocycles. The fraction of sp³-hybridized carbons (Fsp3) is 0.533. The molecule has 1 aliphatic rings. The zero-order valence-electron chi connectivity index (χ0n) is 55.3. The van der Waals surface area contributed by atoms with Crippen molar-refractivity contribution in [3.05, 3.63) is 59.7 Å². The van der Waals surface area contributed by atoms with E-state index < -0.39 is 223 Å². The molecule has 102 heavy (non-hydrogen) atoms. The number of thiocarbonyl (C=S) groups is 1. The molecule has 1 fully saturated rings. The maximum atomic E-state index is 14.4. The molecule has 564 valence electrons. The number of nitrogens with zero attached hydrogens (tertiary/aromatic N) is 1. The monoisotopic (exact) mass is 1550 g/mol. The quantitative estimate of drug-likeness (QED) is 0.00963. The third-order valence-corrected chi connectivity index (χ3v) is 17.6. The Morgan fingerprint density at radius 1 is 0.608 bits per heavy atom. The Bertz CT molecular complexity index is 3290. The Labute approximate surface area is 618 Å². The molecule has 0 aliphatic carbocycles. The molecule has 42 heteroatoms. The van der Waals surface area contributed by atoms with Crippen LogP contribution >= 0.6 is 75.4 Å². The summed E-state index contributed by atoms with van der Waals surface area (Å²) in [6, 6.07) is -8.65. The van der Waals surface area contributed by atoms with Crippen molar-refractivity contribution >= 4 is 169 Å². The standard InChI is InChI=1S/C60H87N15O21S6/c1-27(64-54(89)39(23-99)72-58(93)47(28(2)76)73-45(80)20-63-50(85)42(26-102)74-62)59(94)75-16-4-5-43(75)57(92)68-35(19-44(61)79)53(88)70-41(25-101)56(91)71-40(24-100)55(90)67-34(17-29-6-10-31(77)11-7-29)52(87)66-33(14-15-46(81)82)51(86)69-38(22-98)49(84)48(83)37(21-97)65-36(60(95)96-3)18-30-8-12-32(78)13-9-30/h6-13,22,27-28,33-43,47-48,65,74,76-78,83,97,99-102H,4-5,14-21,23-26,62H2,1-3H3,(H2,61,79)(H,63,85)(H,64,89)(H,66,87)(H,67,90)(H,68,92)(H,69,86)(H,70,88)(H,71,91)(H,72,93)(H,73,80)(H,81,82)/t27?,28-,33?,34+,35?,36?,37+,38+,39+,40?,41+,42+,43+,47+,48?/m1/s1.